The quantitative estimate of drug-likeness (QED) is 0.266. The van der Waals surface area contributed by atoms with Crippen LogP contribution in [0.2, 0.25) is 5.02 Å². The van der Waals surface area contributed by atoms with E-state index < -0.39 is 6.04 Å². The number of likely N-dealkylation sites (N-methyl/N-ethyl adjacent to an activating group) is 1. The van der Waals surface area contributed by atoms with E-state index in [1.54, 1.807) is 18.1 Å². The minimum atomic E-state index is -0.785. The fourth-order valence-corrected chi connectivity index (χ4v) is 5.53. The minimum absolute atomic E-state index is 0.0119. The molecule has 5 aromatic rings. The van der Waals surface area contributed by atoms with E-state index in [0.717, 1.165) is 38.6 Å². The Hall–Kier alpha value is -4.20. The first-order valence-electron chi connectivity index (χ1n) is 13.2. The number of carbonyl (C=O) groups excluding carboxylic acids is 2. The molecule has 0 aliphatic carbocycles. The number of pyridine rings is 1. The molecule has 2 N–H and O–H groups in total. The Labute approximate surface area is 238 Å². The van der Waals surface area contributed by atoms with Crippen LogP contribution >= 0.6 is 11.6 Å². The number of carbonyl (C=O) groups is 2. The number of aromatic nitrogens is 2. The summed E-state index contributed by atoms with van der Waals surface area (Å²) in [6, 6.07) is 23.9. The molecule has 0 aliphatic heterocycles. The van der Waals surface area contributed by atoms with E-state index >= 15 is 0 Å². The molecule has 0 unspecified atom stereocenters. The number of hydrogen-bond acceptors (Lipinski definition) is 4. The molecule has 1 atom stereocenters. The summed E-state index contributed by atoms with van der Waals surface area (Å²) in [6.45, 7) is 1.91. The third kappa shape index (κ3) is 5.57. The third-order valence-electron chi connectivity index (χ3n) is 7.31. The molecule has 0 spiro atoms. The zero-order valence-electron chi connectivity index (χ0n) is 22.5. The summed E-state index contributed by atoms with van der Waals surface area (Å²) >= 11 is 6.52. The molecule has 0 radical (unpaired) electrons. The molecule has 5 rings (SSSR count). The van der Waals surface area contributed by atoms with Crippen LogP contribution in [-0.2, 0) is 29.0 Å². The Morgan fingerprint density at radius 2 is 1.85 bits per heavy atom. The van der Waals surface area contributed by atoms with E-state index in [9.17, 15) is 14.7 Å². The molecule has 2 aromatic heterocycles. The summed E-state index contributed by atoms with van der Waals surface area (Å²) in [7, 11) is 1.72. The van der Waals surface area contributed by atoms with E-state index in [-0.39, 0.29) is 25.0 Å². The predicted octanol–water partition coefficient (Wildman–Crippen LogP) is 5.08. The molecule has 0 aliphatic rings. The molecular weight excluding hydrogens is 524 g/mol. The van der Waals surface area contributed by atoms with E-state index in [0.29, 0.717) is 23.6 Å². The third-order valence-corrected chi connectivity index (χ3v) is 7.62. The number of halogens is 1. The van der Waals surface area contributed by atoms with Crippen molar-refractivity contribution in [2.75, 3.05) is 18.6 Å². The lowest BCUT2D eigenvalue weighted by molar-refractivity contribution is -0.127. The van der Waals surface area contributed by atoms with Crippen molar-refractivity contribution in [3.63, 3.8) is 0 Å². The first-order valence-corrected chi connectivity index (χ1v) is 13.6. The van der Waals surface area contributed by atoms with Crippen LogP contribution in [0.3, 0.4) is 0 Å². The largest absolute Gasteiger partial charge is 0.396 e. The summed E-state index contributed by atoms with van der Waals surface area (Å²) in [4.78, 5) is 33.3. The lowest BCUT2D eigenvalue weighted by Gasteiger charge is -2.25. The molecule has 0 saturated carbocycles. The molecular formula is C32H31ClN4O3. The van der Waals surface area contributed by atoms with Crippen LogP contribution in [0.15, 0.2) is 85.1 Å². The number of amides is 2. The molecule has 0 fully saturated rings. The molecule has 40 heavy (non-hydrogen) atoms. The number of aliphatic hydroxyl groups excluding tert-OH is 1. The van der Waals surface area contributed by atoms with Gasteiger partial charge in [-0.1, -0.05) is 54.1 Å². The van der Waals surface area contributed by atoms with Crippen molar-refractivity contribution in [3.05, 3.63) is 107 Å². The van der Waals surface area contributed by atoms with Gasteiger partial charge in [-0.3, -0.25) is 14.6 Å². The highest BCUT2D eigenvalue weighted by atomic mass is 35.5. The monoisotopic (exact) mass is 554 g/mol. The van der Waals surface area contributed by atoms with Gasteiger partial charge in [-0.2, -0.15) is 0 Å². The van der Waals surface area contributed by atoms with Gasteiger partial charge in [-0.15, -0.1) is 0 Å². The lowest BCUT2D eigenvalue weighted by atomic mass is 10.0. The van der Waals surface area contributed by atoms with Gasteiger partial charge in [0, 0.05) is 48.4 Å². The van der Waals surface area contributed by atoms with Gasteiger partial charge >= 0.3 is 0 Å². The topological polar surface area (TPSA) is 87.5 Å². The predicted molar refractivity (Wildman–Crippen MR) is 160 cm³/mol. The van der Waals surface area contributed by atoms with Gasteiger partial charge in [0.25, 0.3) is 0 Å². The number of anilines is 1. The molecule has 2 heterocycles. The van der Waals surface area contributed by atoms with Crippen LogP contribution in [0.5, 0.6) is 0 Å². The second-order valence-corrected chi connectivity index (χ2v) is 10.3. The van der Waals surface area contributed by atoms with E-state index in [1.165, 1.54) is 0 Å². The van der Waals surface area contributed by atoms with Gasteiger partial charge in [0.15, 0.2) is 0 Å². The van der Waals surface area contributed by atoms with E-state index in [1.807, 2.05) is 90.4 Å². The molecule has 8 heteroatoms. The van der Waals surface area contributed by atoms with Crippen molar-refractivity contribution in [3.8, 4) is 0 Å². The Balaban J connectivity index is 1.43. The molecule has 3 aromatic carbocycles. The maximum absolute atomic E-state index is 13.8. The van der Waals surface area contributed by atoms with Crippen molar-refractivity contribution in [2.24, 2.45) is 0 Å². The van der Waals surface area contributed by atoms with Gasteiger partial charge in [-0.05, 0) is 60.9 Å². The Morgan fingerprint density at radius 1 is 1.05 bits per heavy atom. The van der Waals surface area contributed by atoms with E-state index in [2.05, 4.69) is 10.3 Å². The van der Waals surface area contributed by atoms with Crippen LogP contribution in [-0.4, -0.2) is 46.2 Å². The van der Waals surface area contributed by atoms with Crippen molar-refractivity contribution < 1.29 is 14.7 Å². The SMILES string of the molecule is Cc1c(CCO)c2c(Cl)cccc2n1CC(=O)N[C@@H](Cc1ccccc1)C(=O)N(C)c1ccc2ncccc2c1. The van der Waals surface area contributed by atoms with Gasteiger partial charge in [0.05, 0.1) is 16.1 Å². The fourth-order valence-electron chi connectivity index (χ4n) is 5.25. The number of fused-ring (bicyclic) bond motifs is 2. The molecule has 2 amide bonds. The normalized spacial score (nSPS) is 12.0. The van der Waals surface area contributed by atoms with Crippen LogP contribution < -0.4 is 10.2 Å². The number of benzene rings is 3. The van der Waals surface area contributed by atoms with Gasteiger partial charge < -0.3 is 19.9 Å². The Morgan fingerprint density at radius 3 is 2.62 bits per heavy atom. The number of nitrogens with one attached hydrogen (secondary N) is 1. The first kappa shape index (κ1) is 27.4. The van der Waals surface area contributed by atoms with Gasteiger partial charge in [-0.25, -0.2) is 0 Å². The Kier molecular flexibility index (Phi) is 8.14. The molecule has 204 valence electrons. The number of rotatable bonds is 9. The average Bonchev–Trinajstić information content (AvgIpc) is 3.23. The van der Waals surface area contributed by atoms with Crippen molar-refractivity contribution >= 4 is 50.9 Å². The van der Waals surface area contributed by atoms with Crippen LogP contribution in [0.4, 0.5) is 5.69 Å². The summed E-state index contributed by atoms with van der Waals surface area (Å²) in [5.74, 6) is -0.514. The molecule has 7 nitrogen and oxygen atoms in total. The zero-order chi connectivity index (χ0) is 28.2. The number of nitrogens with zero attached hydrogens (tertiary/aromatic N) is 3. The van der Waals surface area contributed by atoms with Gasteiger partial charge in [0.2, 0.25) is 11.8 Å². The van der Waals surface area contributed by atoms with Crippen molar-refractivity contribution in [1.29, 1.82) is 0 Å². The highest BCUT2D eigenvalue weighted by Gasteiger charge is 2.26. The van der Waals surface area contributed by atoms with Crippen LogP contribution in [0, 0.1) is 6.92 Å². The van der Waals surface area contributed by atoms with Crippen molar-refractivity contribution in [2.45, 2.75) is 32.4 Å². The van der Waals surface area contributed by atoms with Crippen molar-refractivity contribution in [1.82, 2.24) is 14.9 Å². The second-order valence-electron chi connectivity index (χ2n) is 9.85. The minimum Gasteiger partial charge on any atom is -0.396 e. The van der Waals surface area contributed by atoms with E-state index in [4.69, 9.17) is 11.6 Å². The molecule has 0 bridgehead atoms. The highest BCUT2D eigenvalue weighted by Crippen LogP contribution is 2.32. The number of aliphatic hydroxyl groups is 1. The first-order chi connectivity index (χ1) is 19.4. The second kappa shape index (κ2) is 11.9. The summed E-state index contributed by atoms with van der Waals surface area (Å²) < 4.78 is 1.89. The smallest absolute Gasteiger partial charge is 0.249 e. The summed E-state index contributed by atoms with van der Waals surface area (Å²) in [5, 5.41) is 15.0. The van der Waals surface area contributed by atoms with Gasteiger partial charge in [0.1, 0.15) is 12.6 Å². The molecule has 0 saturated heterocycles. The zero-order valence-corrected chi connectivity index (χ0v) is 23.2. The maximum Gasteiger partial charge on any atom is 0.249 e. The van der Waals surface area contributed by atoms with Crippen LogP contribution in [0.1, 0.15) is 16.8 Å². The summed E-state index contributed by atoms with van der Waals surface area (Å²) in [6.07, 6.45) is 2.51. The van der Waals surface area contributed by atoms with Crippen LogP contribution in [0.25, 0.3) is 21.8 Å². The lowest BCUT2D eigenvalue weighted by Crippen LogP contribution is -2.49. The summed E-state index contributed by atoms with van der Waals surface area (Å²) in [5.41, 5.74) is 5.09. The average molecular weight is 555 g/mol. The Bertz CT molecular complexity index is 1680. The fraction of sp³-hybridized carbons (Fsp3) is 0.219. The number of hydrogen-bond donors (Lipinski definition) is 2. The highest BCUT2D eigenvalue weighted by molar-refractivity contribution is 6.35. The maximum atomic E-state index is 13.8. The standard InChI is InChI=1S/C32H31ClN4O3/c1-21-25(15-17-38)31-26(33)11-6-12-29(31)37(21)20-30(39)35-28(18-22-8-4-3-5-9-22)32(40)36(2)24-13-14-27-23(19-24)10-7-16-34-27/h3-14,16,19,28,38H,15,17-18,20H2,1-2H3,(H,35,39)/t28-/m0/s1.